The van der Waals surface area contributed by atoms with Gasteiger partial charge in [0.15, 0.2) is 5.13 Å². The second-order valence-electron chi connectivity index (χ2n) is 3.91. The van der Waals surface area contributed by atoms with Crippen molar-refractivity contribution in [1.82, 2.24) is 4.98 Å². The summed E-state index contributed by atoms with van der Waals surface area (Å²) in [5.41, 5.74) is 1.68. The lowest BCUT2D eigenvalue weighted by Gasteiger charge is -2.14. The number of anilines is 1. The lowest BCUT2D eigenvalue weighted by molar-refractivity contribution is -0.117. The first kappa shape index (κ1) is 13.1. The van der Waals surface area contributed by atoms with E-state index in [9.17, 15) is 17.6 Å². The SMILES string of the molecule is Cc1ccc2nc(NCC(F)(F)C(F)F)sc2c1. The number of nitrogens with one attached hydrogen (secondary N) is 1. The summed E-state index contributed by atoms with van der Waals surface area (Å²) in [7, 11) is 0. The van der Waals surface area contributed by atoms with Gasteiger partial charge in [-0.2, -0.15) is 8.78 Å². The number of nitrogens with zero attached hydrogens (tertiary/aromatic N) is 1. The van der Waals surface area contributed by atoms with Crippen molar-refractivity contribution in [3.05, 3.63) is 23.8 Å². The van der Waals surface area contributed by atoms with E-state index in [1.807, 2.05) is 19.1 Å². The summed E-state index contributed by atoms with van der Waals surface area (Å²) in [5.74, 6) is -4.05. The van der Waals surface area contributed by atoms with Crippen LogP contribution >= 0.6 is 11.3 Å². The topological polar surface area (TPSA) is 24.9 Å². The Morgan fingerprint density at radius 3 is 2.78 bits per heavy atom. The molecule has 98 valence electrons. The molecule has 2 rings (SSSR count). The number of thiazole rings is 1. The molecule has 7 heteroatoms. The van der Waals surface area contributed by atoms with Gasteiger partial charge in [-0.3, -0.25) is 0 Å². The maximum Gasteiger partial charge on any atom is 0.324 e. The van der Waals surface area contributed by atoms with Crippen molar-refractivity contribution >= 4 is 26.7 Å². The highest BCUT2D eigenvalue weighted by Gasteiger charge is 2.40. The van der Waals surface area contributed by atoms with Gasteiger partial charge >= 0.3 is 12.3 Å². The normalized spacial score (nSPS) is 12.3. The molecule has 0 amide bonds. The molecule has 0 aliphatic carbocycles. The van der Waals surface area contributed by atoms with Crippen LogP contribution in [0, 0.1) is 6.92 Å². The molecule has 0 radical (unpaired) electrons. The molecular weight excluding hydrogens is 268 g/mol. The molecule has 2 nitrogen and oxygen atoms in total. The minimum atomic E-state index is -4.05. The summed E-state index contributed by atoms with van der Waals surface area (Å²) in [6.45, 7) is 0.778. The van der Waals surface area contributed by atoms with Crippen molar-refractivity contribution in [2.24, 2.45) is 0 Å². The summed E-state index contributed by atoms with van der Waals surface area (Å²) in [6, 6.07) is 5.47. The van der Waals surface area contributed by atoms with Gasteiger partial charge in [0, 0.05) is 0 Å². The van der Waals surface area contributed by atoms with Crippen LogP contribution in [0.2, 0.25) is 0 Å². The quantitative estimate of drug-likeness (QED) is 0.857. The second-order valence-corrected chi connectivity index (χ2v) is 4.94. The standard InChI is InChI=1S/C11H10F4N2S/c1-6-2-3-7-8(4-6)18-10(17-7)16-5-11(14,15)9(12)13/h2-4,9H,5H2,1H3,(H,16,17). The molecule has 0 atom stereocenters. The molecule has 1 aromatic heterocycles. The number of benzene rings is 1. The first-order chi connectivity index (χ1) is 8.38. The smallest absolute Gasteiger partial charge is 0.324 e. The van der Waals surface area contributed by atoms with Crippen molar-refractivity contribution in [3.8, 4) is 0 Å². The van der Waals surface area contributed by atoms with Gasteiger partial charge in [0.05, 0.1) is 16.8 Å². The van der Waals surface area contributed by atoms with E-state index < -0.39 is 18.9 Å². The molecule has 0 bridgehead atoms. The molecule has 18 heavy (non-hydrogen) atoms. The predicted octanol–water partition coefficient (Wildman–Crippen LogP) is 3.92. The lowest BCUT2D eigenvalue weighted by atomic mass is 10.2. The van der Waals surface area contributed by atoms with E-state index in [0.29, 0.717) is 5.52 Å². The molecule has 0 spiro atoms. The van der Waals surface area contributed by atoms with E-state index in [2.05, 4.69) is 10.3 Å². The minimum Gasteiger partial charge on any atom is -0.355 e. The van der Waals surface area contributed by atoms with Gasteiger partial charge in [0.25, 0.3) is 0 Å². The van der Waals surface area contributed by atoms with Gasteiger partial charge < -0.3 is 5.32 Å². The zero-order chi connectivity index (χ0) is 13.3. The van der Waals surface area contributed by atoms with Crippen LogP contribution in [-0.2, 0) is 0 Å². The summed E-state index contributed by atoms with van der Waals surface area (Å²) >= 11 is 1.16. The lowest BCUT2D eigenvalue weighted by Crippen LogP contribution is -2.34. The number of halogens is 4. The van der Waals surface area contributed by atoms with Gasteiger partial charge in [-0.25, -0.2) is 13.8 Å². The Bertz CT molecular complexity index is 553. The van der Waals surface area contributed by atoms with Crippen molar-refractivity contribution in [2.75, 3.05) is 11.9 Å². The highest BCUT2D eigenvalue weighted by molar-refractivity contribution is 7.22. The van der Waals surface area contributed by atoms with E-state index in [4.69, 9.17) is 0 Å². The molecule has 0 unspecified atom stereocenters. The molecule has 0 aliphatic rings. The Hall–Kier alpha value is -1.37. The number of hydrogen-bond acceptors (Lipinski definition) is 3. The van der Waals surface area contributed by atoms with E-state index >= 15 is 0 Å². The van der Waals surface area contributed by atoms with Gasteiger partial charge in [0.1, 0.15) is 0 Å². The highest BCUT2D eigenvalue weighted by atomic mass is 32.1. The van der Waals surface area contributed by atoms with Crippen LogP contribution in [0.3, 0.4) is 0 Å². The van der Waals surface area contributed by atoms with Crippen LogP contribution in [0.1, 0.15) is 5.56 Å². The average Bonchev–Trinajstić information content (AvgIpc) is 2.68. The summed E-state index contributed by atoms with van der Waals surface area (Å²) in [6.07, 6.45) is -3.68. The van der Waals surface area contributed by atoms with E-state index in [0.717, 1.165) is 21.6 Å². The summed E-state index contributed by atoms with van der Waals surface area (Å²) < 4.78 is 50.2. The fourth-order valence-corrected chi connectivity index (χ4v) is 2.34. The van der Waals surface area contributed by atoms with Crippen LogP contribution in [-0.4, -0.2) is 23.9 Å². The zero-order valence-electron chi connectivity index (χ0n) is 9.38. The molecule has 0 fully saturated rings. The average molecular weight is 278 g/mol. The molecular formula is C11H10F4N2S. The van der Waals surface area contributed by atoms with Gasteiger partial charge in [0.2, 0.25) is 0 Å². The first-order valence-electron chi connectivity index (χ1n) is 5.15. The molecule has 1 heterocycles. The van der Waals surface area contributed by atoms with Gasteiger partial charge in [-0.05, 0) is 24.6 Å². The Morgan fingerprint density at radius 2 is 2.11 bits per heavy atom. The largest absolute Gasteiger partial charge is 0.355 e. The molecule has 0 saturated heterocycles. The molecule has 1 N–H and O–H groups in total. The Labute approximate surface area is 105 Å². The highest BCUT2D eigenvalue weighted by Crippen LogP contribution is 2.28. The Kier molecular flexibility index (Phi) is 3.43. The third-order valence-electron chi connectivity index (χ3n) is 2.34. The fourth-order valence-electron chi connectivity index (χ4n) is 1.38. The Balaban J connectivity index is 2.13. The zero-order valence-corrected chi connectivity index (χ0v) is 10.2. The summed E-state index contributed by atoms with van der Waals surface area (Å²) in [5, 5.41) is 2.47. The second kappa shape index (κ2) is 4.72. The monoisotopic (exact) mass is 278 g/mol. The van der Waals surface area contributed by atoms with Crippen LogP contribution in [0.15, 0.2) is 18.2 Å². The van der Waals surface area contributed by atoms with Crippen molar-refractivity contribution in [2.45, 2.75) is 19.3 Å². The number of hydrogen-bond donors (Lipinski definition) is 1. The van der Waals surface area contributed by atoms with Crippen molar-refractivity contribution < 1.29 is 17.6 Å². The van der Waals surface area contributed by atoms with Crippen LogP contribution in [0.5, 0.6) is 0 Å². The first-order valence-corrected chi connectivity index (χ1v) is 5.97. The number of fused-ring (bicyclic) bond motifs is 1. The fraction of sp³-hybridized carbons (Fsp3) is 0.364. The van der Waals surface area contributed by atoms with Crippen molar-refractivity contribution in [3.63, 3.8) is 0 Å². The third-order valence-corrected chi connectivity index (χ3v) is 3.31. The van der Waals surface area contributed by atoms with Crippen LogP contribution in [0.25, 0.3) is 10.2 Å². The number of aromatic nitrogens is 1. The van der Waals surface area contributed by atoms with Crippen LogP contribution in [0.4, 0.5) is 22.7 Å². The van der Waals surface area contributed by atoms with E-state index in [1.54, 1.807) is 6.07 Å². The number of rotatable bonds is 4. The van der Waals surface area contributed by atoms with E-state index in [1.165, 1.54) is 0 Å². The molecule has 0 aliphatic heterocycles. The Morgan fingerprint density at radius 1 is 1.39 bits per heavy atom. The summed E-state index contributed by atoms with van der Waals surface area (Å²) in [4.78, 5) is 4.05. The number of alkyl halides is 4. The molecule has 0 saturated carbocycles. The van der Waals surface area contributed by atoms with Gasteiger partial charge in [-0.15, -0.1) is 0 Å². The van der Waals surface area contributed by atoms with Crippen molar-refractivity contribution in [1.29, 1.82) is 0 Å². The van der Waals surface area contributed by atoms with E-state index in [-0.39, 0.29) is 5.13 Å². The maximum atomic E-state index is 12.7. The molecule has 2 aromatic rings. The minimum absolute atomic E-state index is 0.218. The maximum absolute atomic E-state index is 12.7. The number of aryl methyl sites for hydroxylation is 1. The predicted molar refractivity (Wildman–Crippen MR) is 63.8 cm³/mol. The third kappa shape index (κ3) is 2.72. The van der Waals surface area contributed by atoms with Gasteiger partial charge in [-0.1, -0.05) is 17.4 Å². The molecule has 1 aromatic carbocycles. The van der Waals surface area contributed by atoms with Crippen LogP contribution < -0.4 is 5.32 Å².